The van der Waals surface area contributed by atoms with E-state index in [9.17, 15) is 4.79 Å². The number of nitrogens with one attached hydrogen (secondary N) is 1. The molecule has 100 valence electrons. The Morgan fingerprint density at radius 2 is 2.05 bits per heavy atom. The van der Waals surface area contributed by atoms with Crippen LogP contribution in [-0.4, -0.2) is 16.6 Å². The highest BCUT2D eigenvalue weighted by molar-refractivity contribution is 9.10. The molecule has 0 amide bonds. The number of benzene rings is 1. The number of carbonyl (C=O) groups is 1. The van der Waals surface area contributed by atoms with Crippen molar-refractivity contribution in [1.82, 2.24) is 4.98 Å². The van der Waals surface area contributed by atoms with Gasteiger partial charge >= 0.3 is 0 Å². The van der Waals surface area contributed by atoms with Crippen LogP contribution in [0, 0.1) is 6.92 Å². The summed E-state index contributed by atoms with van der Waals surface area (Å²) in [6.45, 7) is 1.84. The Morgan fingerprint density at radius 1 is 1.30 bits per heavy atom. The molecule has 0 fully saturated rings. The van der Waals surface area contributed by atoms with Crippen molar-refractivity contribution in [1.29, 1.82) is 0 Å². The number of hydrogen-bond acceptors (Lipinski definition) is 4. The molecule has 1 aliphatic heterocycles. The van der Waals surface area contributed by atoms with Gasteiger partial charge < -0.3 is 4.98 Å². The van der Waals surface area contributed by atoms with Crippen LogP contribution in [0.5, 0.6) is 0 Å². The maximum absolute atomic E-state index is 12.6. The monoisotopic (exact) mass is 394 g/mol. The first-order valence-electron chi connectivity index (χ1n) is 5.75. The number of hydrogen-bond donors (Lipinski definition) is 1. The van der Waals surface area contributed by atoms with Crippen LogP contribution in [0.15, 0.2) is 48.6 Å². The first kappa shape index (κ1) is 13.4. The topological polar surface area (TPSA) is 69.9 Å². The highest BCUT2D eigenvalue weighted by Gasteiger charge is 2.24. The minimum atomic E-state index is -0.0602. The van der Waals surface area contributed by atoms with E-state index in [0.29, 0.717) is 27.1 Å². The van der Waals surface area contributed by atoms with Gasteiger partial charge in [-0.15, -0.1) is 10.2 Å². The number of carbonyl (C=O) groups excluding carboxylic acids is 1. The number of aryl methyl sites for hydroxylation is 1. The van der Waals surface area contributed by atoms with E-state index in [1.807, 2.05) is 19.1 Å². The Labute approximate surface area is 131 Å². The highest BCUT2D eigenvalue weighted by atomic mass is 79.9. The average molecular weight is 396 g/mol. The number of nitrogens with zero attached hydrogens (tertiary/aromatic N) is 3. The van der Waals surface area contributed by atoms with E-state index in [-0.39, 0.29) is 5.78 Å². The van der Waals surface area contributed by atoms with Gasteiger partial charge in [0.15, 0.2) is 5.78 Å². The van der Waals surface area contributed by atoms with Crippen LogP contribution in [0.1, 0.15) is 27.3 Å². The molecule has 1 aromatic heterocycles. The van der Waals surface area contributed by atoms with Gasteiger partial charge in [0.05, 0.1) is 10.0 Å². The second kappa shape index (κ2) is 5.06. The molecule has 1 aliphatic rings. The lowest BCUT2D eigenvalue weighted by atomic mass is 10.0. The molecule has 0 atom stereocenters. The van der Waals surface area contributed by atoms with Crippen LogP contribution in [0.4, 0.5) is 0 Å². The zero-order valence-electron chi connectivity index (χ0n) is 10.3. The van der Waals surface area contributed by atoms with E-state index in [1.165, 1.54) is 0 Å². The van der Waals surface area contributed by atoms with Gasteiger partial charge in [-0.05, 0) is 40.2 Å². The van der Waals surface area contributed by atoms with E-state index in [4.69, 9.17) is 0 Å². The fraction of sp³-hybridized carbons (Fsp3) is 0.0769. The Hall–Kier alpha value is -1.60. The molecule has 0 unspecified atom stereocenters. The molecule has 0 bridgehead atoms. The molecule has 20 heavy (non-hydrogen) atoms. The summed E-state index contributed by atoms with van der Waals surface area (Å²) in [6.07, 6.45) is 0. The standard InChI is InChI=1S/C13H8Br2N4O/c1-6-9(10(15)11(16-6)13-17-19-18-13)12(20)7-3-2-4-8(14)5-7/h2-5,16H,1H3. The largest absolute Gasteiger partial charge is 0.354 e. The third-order valence-corrected chi connectivity index (χ3v) is 4.23. The third-order valence-electron chi connectivity index (χ3n) is 2.94. The lowest BCUT2D eigenvalue weighted by molar-refractivity contribution is 0.103. The van der Waals surface area contributed by atoms with Gasteiger partial charge in [-0.1, -0.05) is 28.1 Å². The van der Waals surface area contributed by atoms with E-state index in [1.54, 1.807) is 12.1 Å². The number of H-pyrrole nitrogens is 1. The van der Waals surface area contributed by atoms with Gasteiger partial charge in [0.25, 0.3) is 0 Å². The number of aromatic nitrogens is 1. The van der Waals surface area contributed by atoms with E-state index in [2.05, 4.69) is 52.3 Å². The maximum atomic E-state index is 12.6. The summed E-state index contributed by atoms with van der Waals surface area (Å²) >= 11 is 6.82. The molecular formula is C13H8Br2N4O. The van der Waals surface area contributed by atoms with Crippen LogP contribution in [0.25, 0.3) is 0 Å². The molecule has 0 saturated carbocycles. The predicted molar refractivity (Wildman–Crippen MR) is 82.2 cm³/mol. The lowest BCUT2D eigenvalue weighted by Crippen LogP contribution is -2.04. The number of amidine groups is 1. The second-order valence-electron chi connectivity index (χ2n) is 4.27. The quantitative estimate of drug-likeness (QED) is 0.777. The van der Waals surface area contributed by atoms with Crippen LogP contribution in [0.3, 0.4) is 0 Å². The zero-order valence-corrected chi connectivity index (χ0v) is 13.5. The van der Waals surface area contributed by atoms with Gasteiger partial charge in [0.2, 0.25) is 5.84 Å². The molecule has 0 saturated heterocycles. The Balaban J connectivity index is 2.06. The molecule has 1 N–H and O–H groups in total. The first-order valence-corrected chi connectivity index (χ1v) is 7.34. The van der Waals surface area contributed by atoms with Gasteiger partial charge in [-0.3, -0.25) is 4.79 Å². The molecular weight excluding hydrogens is 388 g/mol. The summed E-state index contributed by atoms with van der Waals surface area (Å²) in [7, 11) is 0. The lowest BCUT2D eigenvalue weighted by Gasteiger charge is -2.03. The maximum Gasteiger partial charge on any atom is 0.224 e. The van der Waals surface area contributed by atoms with E-state index < -0.39 is 0 Å². The number of aromatic amines is 1. The fourth-order valence-electron chi connectivity index (χ4n) is 1.98. The molecule has 2 aromatic rings. The second-order valence-corrected chi connectivity index (χ2v) is 5.98. The number of rotatable bonds is 3. The molecule has 0 aliphatic carbocycles. The summed E-state index contributed by atoms with van der Waals surface area (Å²) in [5.41, 5.74) is 2.64. The van der Waals surface area contributed by atoms with Gasteiger partial charge in [0, 0.05) is 15.7 Å². The van der Waals surface area contributed by atoms with Crippen molar-refractivity contribution < 1.29 is 4.79 Å². The third kappa shape index (κ3) is 2.16. The van der Waals surface area contributed by atoms with Crippen molar-refractivity contribution in [3.8, 4) is 0 Å². The summed E-state index contributed by atoms with van der Waals surface area (Å²) in [4.78, 5) is 15.7. The SMILES string of the molecule is Cc1[nH]c(C2=NN=N2)c(Br)c1C(=O)c1cccc(Br)c1. The van der Waals surface area contributed by atoms with Crippen LogP contribution >= 0.6 is 31.9 Å². The van der Waals surface area contributed by atoms with Gasteiger partial charge in [-0.2, -0.15) is 0 Å². The average Bonchev–Trinajstić information content (AvgIpc) is 2.62. The fourth-order valence-corrected chi connectivity index (χ4v) is 3.14. The number of ketones is 1. The minimum absolute atomic E-state index is 0.0602. The van der Waals surface area contributed by atoms with Crippen molar-refractivity contribution >= 4 is 43.5 Å². The predicted octanol–water partition coefficient (Wildman–Crippen LogP) is 4.21. The molecule has 0 radical (unpaired) electrons. The van der Waals surface area contributed by atoms with Crippen molar-refractivity contribution in [2.75, 3.05) is 0 Å². The summed E-state index contributed by atoms with van der Waals surface area (Å²) < 4.78 is 1.53. The van der Waals surface area contributed by atoms with Crippen molar-refractivity contribution in [2.45, 2.75) is 6.92 Å². The van der Waals surface area contributed by atoms with Crippen LogP contribution in [0.2, 0.25) is 0 Å². The molecule has 2 heterocycles. The molecule has 3 rings (SSSR count). The molecule has 7 heteroatoms. The van der Waals surface area contributed by atoms with Crippen molar-refractivity contribution in [3.05, 3.63) is 55.7 Å². The van der Waals surface area contributed by atoms with Crippen LogP contribution < -0.4 is 0 Å². The summed E-state index contributed by atoms with van der Waals surface area (Å²) in [6, 6.07) is 7.29. The van der Waals surface area contributed by atoms with Crippen LogP contribution in [-0.2, 0) is 0 Å². The van der Waals surface area contributed by atoms with E-state index >= 15 is 0 Å². The minimum Gasteiger partial charge on any atom is -0.354 e. The highest BCUT2D eigenvalue weighted by Crippen LogP contribution is 2.30. The Kier molecular flexibility index (Phi) is 3.39. The normalized spacial score (nSPS) is 13.1. The molecule has 5 nitrogen and oxygen atoms in total. The van der Waals surface area contributed by atoms with Gasteiger partial charge in [-0.25, -0.2) is 0 Å². The summed E-state index contributed by atoms with van der Waals surface area (Å²) in [5.74, 6) is 0.434. The Morgan fingerprint density at radius 3 is 2.65 bits per heavy atom. The smallest absolute Gasteiger partial charge is 0.224 e. The Bertz CT molecular complexity index is 777. The summed E-state index contributed by atoms with van der Waals surface area (Å²) in [5, 5.41) is 11.0. The van der Waals surface area contributed by atoms with E-state index in [0.717, 1.165) is 10.2 Å². The zero-order chi connectivity index (χ0) is 14.3. The van der Waals surface area contributed by atoms with Gasteiger partial charge in [0.1, 0.15) is 5.69 Å². The van der Waals surface area contributed by atoms with Crippen molar-refractivity contribution in [3.63, 3.8) is 0 Å². The van der Waals surface area contributed by atoms with Crippen molar-refractivity contribution in [2.24, 2.45) is 15.4 Å². The molecule has 0 spiro atoms. The molecule has 1 aromatic carbocycles. The number of halogens is 2. The first-order chi connectivity index (χ1) is 9.58.